The zero-order valence-corrected chi connectivity index (χ0v) is 13.5. The Morgan fingerprint density at radius 3 is 2.70 bits per heavy atom. The Morgan fingerprint density at radius 1 is 1.00 bits per heavy atom. The average molecular weight is 304 g/mol. The van der Waals surface area contributed by atoms with E-state index in [1.807, 2.05) is 0 Å². The number of benzene rings is 2. The molecule has 0 radical (unpaired) electrons. The average Bonchev–Trinajstić information content (AvgIpc) is 2.96. The molecule has 1 atom stereocenters. The zero-order chi connectivity index (χ0) is 15.6. The molecule has 0 aliphatic heterocycles. The predicted molar refractivity (Wildman–Crippen MR) is 96.6 cm³/mol. The Kier molecular flexibility index (Phi) is 3.92. The number of fused-ring (bicyclic) bond motifs is 3. The topological polar surface area (TPSA) is 41.8 Å². The van der Waals surface area contributed by atoms with Crippen molar-refractivity contribution in [2.45, 2.75) is 44.6 Å². The van der Waals surface area contributed by atoms with Gasteiger partial charge in [-0.2, -0.15) is 0 Å². The van der Waals surface area contributed by atoms with Gasteiger partial charge in [0, 0.05) is 22.6 Å². The SMILES string of the molecule is NC1CCCc2c1[nH]c1ccc(CCCc3ccccc3)cc21. The molecule has 118 valence electrons. The van der Waals surface area contributed by atoms with Crippen LogP contribution in [0.2, 0.25) is 0 Å². The number of H-pyrrole nitrogens is 1. The summed E-state index contributed by atoms with van der Waals surface area (Å²) in [7, 11) is 0. The van der Waals surface area contributed by atoms with Gasteiger partial charge in [-0.3, -0.25) is 0 Å². The van der Waals surface area contributed by atoms with Crippen molar-refractivity contribution >= 4 is 10.9 Å². The molecular formula is C21H24N2. The van der Waals surface area contributed by atoms with Gasteiger partial charge in [0.15, 0.2) is 0 Å². The number of aryl methyl sites for hydroxylation is 3. The van der Waals surface area contributed by atoms with Crippen LogP contribution in [-0.4, -0.2) is 4.98 Å². The van der Waals surface area contributed by atoms with Crippen molar-refractivity contribution in [2.24, 2.45) is 5.73 Å². The van der Waals surface area contributed by atoms with E-state index in [0.29, 0.717) is 0 Å². The Morgan fingerprint density at radius 2 is 1.83 bits per heavy atom. The zero-order valence-electron chi connectivity index (χ0n) is 13.5. The second-order valence-corrected chi connectivity index (χ2v) is 6.74. The fraction of sp³-hybridized carbons (Fsp3) is 0.333. The summed E-state index contributed by atoms with van der Waals surface area (Å²) in [6.07, 6.45) is 6.95. The largest absolute Gasteiger partial charge is 0.357 e. The normalized spacial score (nSPS) is 17.3. The lowest BCUT2D eigenvalue weighted by Gasteiger charge is -2.18. The minimum atomic E-state index is 0.188. The first-order valence-electron chi connectivity index (χ1n) is 8.74. The van der Waals surface area contributed by atoms with E-state index in [0.717, 1.165) is 25.7 Å². The van der Waals surface area contributed by atoms with Crippen molar-refractivity contribution in [1.82, 2.24) is 4.98 Å². The second-order valence-electron chi connectivity index (χ2n) is 6.74. The van der Waals surface area contributed by atoms with Gasteiger partial charge in [-0.1, -0.05) is 36.4 Å². The van der Waals surface area contributed by atoms with E-state index in [9.17, 15) is 0 Å². The maximum absolute atomic E-state index is 6.26. The Labute approximate surface area is 137 Å². The van der Waals surface area contributed by atoms with Crippen molar-refractivity contribution < 1.29 is 0 Å². The maximum Gasteiger partial charge on any atom is 0.0459 e. The lowest BCUT2D eigenvalue weighted by molar-refractivity contribution is 0.562. The van der Waals surface area contributed by atoms with Crippen LogP contribution >= 0.6 is 0 Å². The standard InChI is InChI=1S/C21H24N2/c22-19-11-5-10-17-18-14-16(12-13-20(18)23-21(17)19)9-4-8-15-6-2-1-3-7-15/h1-3,6-7,12-14,19,23H,4-5,8-11,22H2. The van der Waals surface area contributed by atoms with Gasteiger partial charge in [-0.15, -0.1) is 0 Å². The van der Waals surface area contributed by atoms with Gasteiger partial charge in [0.2, 0.25) is 0 Å². The van der Waals surface area contributed by atoms with Gasteiger partial charge in [-0.25, -0.2) is 0 Å². The van der Waals surface area contributed by atoms with Gasteiger partial charge in [0.25, 0.3) is 0 Å². The molecule has 0 fully saturated rings. The van der Waals surface area contributed by atoms with Gasteiger partial charge in [0.05, 0.1) is 0 Å². The number of aromatic nitrogens is 1. The third kappa shape index (κ3) is 2.91. The lowest BCUT2D eigenvalue weighted by Crippen LogP contribution is -2.16. The van der Waals surface area contributed by atoms with Crippen LogP contribution in [0.5, 0.6) is 0 Å². The summed E-state index contributed by atoms with van der Waals surface area (Å²) in [5.74, 6) is 0. The summed E-state index contributed by atoms with van der Waals surface area (Å²) in [4.78, 5) is 3.55. The number of hydrogen-bond donors (Lipinski definition) is 2. The van der Waals surface area contributed by atoms with E-state index >= 15 is 0 Å². The Hall–Kier alpha value is -2.06. The molecule has 0 saturated carbocycles. The molecule has 0 amide bonds. The van der Waals surface area contributed by atoms with E-state index < -0.39 is 0 Å². The van der Waals surface area contributed by atoms with Gasteiger partial charge < -0.3 is 10.7 Å². The van der Waals surface area contributed by atoms with Gasteiger partial charge >= 0.3 is 0 Å². The van der Waals surface area contributed by atoms with E-state index in [1.165, 1.54) is 46.1 Å². The first-order chi connectivity index (χ1) is 11.3. The molecule has 1 aliphatic rings. The summed E-state index contributed by atoms with van der Waals surface area (Å²) in [6, 6.07) is 17.8. The molecule has 0 saturated heterocycles. The molecule has 2 aromatic carbocycles. The van der Waals surface area contributed by atoms with Crippen LogP contribution in [0.25, 0.3) is 10.9 Å². The van der Waals surface area contributed by atoms with Crippen molar-refractivity contribution in [3.8, 4) is 0 Å². The maximum atomic E-state index is 6.26. The Bertz CT molecular complexity index is 801. The summed E-state index contributed by atoms with van der Waals surface area (Å²) in [5, 5.41) is 1.40. The van der Waals surface area contributed by atoms with Crippen LogP contribution < -0.4 is 5.73 Å². The summed E-state index contributed by atoms with van der Waals surface area (Å²) < 4.78 is 0. The number of aromatic amines is 1. The van der Waals surface area contributed by atoms with Crippen LogP contribution in [0.4, 0.5) is 0 Å². The molecular weight excluding hydrogens is 280 g/mol. The molecule has 4 rings (SSSR count). The summed E-state index contributed by atoms with van der Waals surface area (Å²) in [6.45, 7) is 0. The third-order valence-corrected chi connectivity index (χ3v) is 5.09. The minimum Gasteiger partial charge on any atom is -0.357 e. The van der Waals surface area contributed by atoms with Crippen molar-refractivity contribution in [3.05, 3.63) is 70.9 Å². The molecule has 2 heteroatoms. The molecule has 0 spiro atoms. The van der Waals surface area contributed by atoms with Crippen LogP contribution in [0.1, 0.15) is 47.7 Å². The van der Waals surface area contributed by atoms with E-state index in [-0.39, 0.29) is 6.04 Å². The molecule has 1 aliphatic carbocycles. The first kappa shape index (κ1) is 14.5. The molecule has 1 aromatic heterocycles. The van der Waals surface area contributed by atoms with Crippen LogP contribution in [0, 0.1) is 0 Å². The fourth-order valence-corrected chi connectivity index (χ4v) is 3.84. The summed E-state index contributed by atoms with van der Waals surface area (Å²) in [5.41, 5.74) is 13.1. The van der Waals surface area contributed by atoms with Gasteiger partial charge in [-0.05, 0) is 67.3 Å². The predicted octanol–water partition coefficient (Wildman–Crippen LogP) is 4.68. The highest BCUT2D eigenvalue weighted by atomic mass is 14.8. The molecule has 1 unspecified atom stereocenters. The third-order valence-electron chi connectivity index (χ3n) is 5.09. The molecule has 0 bridgehead atoms. The fourth-order valence-electron chi connectivity index (χ4n) is 3.84. The number of hydrogen-bond acceptors (Lipinski definition) is 1. The van der Waals surface area contributed by atoms with E-state index in [2.05, 4.69) is 53.5 Å². The molecule has 3 N–H and O–H groups in total. The number of nitrogens with one attached hydrogen (secondary N) is 1. The van der Waals surface area contributed by atoms with Gasteiger partial charge in [0.1, 0.15) is 0 Å². The molecule has 3 aromatic rings. The molecule has 23 heavy (non-hydrogen) atoms. The number of nitrogens with two attached hydrogens (primary N) is 1. The van der Waals surface area contributed by atoms with E-state index in [4.69, 9.17) is 5.73 Å². The summed E-state index contributed by atoms with van der Waals surface area (Å²) >= 11 is 0. The molecule has 2 nitrogen and oxygen atoms in total. The molecule has 1 heterocycles. The quantitative estimate of drug-likeness (QED) is 0.722. The highest BCUT2D eigenvalue weighted by Crippen LogP contribution is 2.34. The van der Waals surface area contributed by atoms with Crippen molar-refractivity contribution in [2.75, 3.05) is 0 Å². The van der Waals surface area contributed by atoms with Crippen molar-refractivity contribution in [1.29, 1.82) is 0 Å². The number of rotatable bonds is 4. The smallest absolute Gasteiger partial charge is 0.0459 e. The minimum absolute atomic E-state index is 0.188. The van der Waals surface area contributed by atoms with Crippen molar-refractivity contribution in [3.63, 3.8) is 0 Å². The van der Waals surface area contributed by atoms with Crippen LogP contribution in [-0.2, 0) is 19.3 Å². The highest BCUT2D eigenvalue weighted by Gasteiger charge is 2.21. The monoisotopic (exact) mass is 304 g/mol. The van der Waals surface area contributed by atoms with E-state index in [1.54, 1.807) is 0 Å². The van der Waals surface area contributed by atoms with Crippen LogP contribution in [0.15, 0.2) is 48.5 Å². The van der Waals surface area contributed by atoms with Crippen LogP contribution in [0.3, 0.4) is 0 Å². The Balaban J connectivity index is 1.52. The lowest BCUT2D eigenvalue weighted by atomic mass is 9.91. The highest BCUT2D eigenvalue weighted by molar-refractivity contribution is 5.85. The second kappa shape index (κ2) is 6.21. The first-order valence-corrected chi connectivity index (χ1v) is 8.74.